The van der Waals surface area contributed by atoms with Gasteiger partial charge in [-0.3, -0.25) is 4.90 Å². The summed E-state index contributed by atoms with van der Waals surface area (Å²) in [4.78, 5) is 5.77. The molecule has 124 valence electrons. The van der Waals surface area contributed by atoms with E-state index < -0.39 is 0 Å². The van der Waals surface area contributed by atoms with E-state index in [1.807, 2.05) is 12.1 Å². The Balaban J connectivity index is 1.71. The van der Waals surface area contributed by atoms with Crippen LogP contribution in [0.4, 0.5) is 0 Å². The average molecular weight is 320 g/mol. The first-order valence-electron chi connectivity index (χ1n) is 8.31. The van der Waals surface area contributed by atoms with Crippen molar-refractivity contribution in [3.63, 3.8) is 0 Å². The number of hydrogen-bond acceptors (Lipinski definition) is 2. The topological polar surface area (TPSA) is 28.3 Å². The minimum Gasteiger partial charge on any atom is -0.497 e. The molecule has 3 rings (SSSR count). The van der Waals surface area contributed by atoms with Crippen molar-refractivity contribution in [1.82, 2.24) is 9.88 Å². The lowest BCUT2D eigenvalue weighted by molar-refractivity contribution is 0.299. The number of nitrogens with zero attached hydrogens (tertiary/aromatic N) is 1. The third-order valence-electron chi connectivity index (χ3n) is 4.31. The lowest BCUT2D eigenvalue weighted by Crippen LogP contribution is -2.25. The van der Waals surface area contributed by atoms with E-state index in [-0.39, 0.29) is 0 Å². The molecule has 0 saturated heterocycles. The molecule has 0 aliphatic rings. The first-order valence-corrected chi connectivity index (χ1v) is 8.31. The summed E-state index contributed by atoms with van der Waals surface area (Å²) in [6.07, 6.45) is 5.08. The Morgan fingerprint density at radius 3 is 2.75 bits per heavy atom. The van der Waals surface area contributed by atoms with Crippen LogP contribution < -0.4 is 4.74 Å². The third kappa shape index (κ3) is 3.87. The van der Waals surface area contributed by atoms with Gasteiger partial charge < -0.3 is 9.72 Å². The molecular formula is C21H24N2O. The van der Waals surface area contributed by atoms with Gasteiger partial charge >= 0.3 is 0 Å². The van der Waals surface area contributed by atoms with Crippen molar-refractivity contribution in [2.24, 2.45) is 0 Å². The third-order valence-corrected chi connectivity index (χ3v) is 4.31. The van der Waals surface area contributed by atoms with Crippen LogP contribution >= 0.6 is 0 Å². The Bertz CT molecular complexity index is 792. The molecular weight excluding hydrogens is 296 g/mol. The van der Waals surface area contributed by atoms with Crippen LogP contribution in [0.2, 0.25) is 0 Å². The minimum atomic E-state index is 0.889. The minimum absolute atomic E-state index is 0.889. The first-order chi connectivity index (χ1) is 11.8. The van der Waals surface area contributed by atoms with Crippen LogP contribution in [0.25, 0.3) is 10.9 Å². The molecule has 3 heteroatoms. The highest BCUT2D eigenvalue weighted by Crippen LogP contribution is 2.24. The highest BCUT2D eigenvalue weighted by Gasteiger charge is 2.09. The normalized spacial score (nSPS) is 11.1. The van der Waals surface area contributed by atoms with Gasteiger partial charge in [0.15, 0.2) is 0 Å². The van der Waals surface area contributed by atoms with Crippen molar-refractivity contribution in [2.45, 2.75) is 13.0 Å². The molecule has 0 aliphatic heterocycles. The smallest absolute Gasteiger partial charge is 0.119 e. The van der Waals surface area contributed by atoms with E-state index in [9.17, 15) is 0 Å². The molecule has 0 aliphatic carbocycles. The van der Waals surface area contributed by atoms with Crippen molar-refractivity contribution < 1.29 is 4.74 Å². The maximum atomic E-state index is 5.35. The summed E-state index contributed by atoms with van der Waals surface area (Å²) in [6, 6.07) is 16.8. The SMILES string of the molecule is C=CCN(CCc1c[nH]c2ccc(OC)cc12)Cc1ccccc1. The largest absolute Gasteiger partial charge is 0.497 e. The van der Waals surface area contributed by atoms with Crippen LogP contribution in [0.3, 0.4) is 0 Å². The summed E-state index contributed by atoms with van der Waals surface area (Å²) < 4.78 is 5.35. The number of methoxy groups -OCH3 is 1. The number of H-pyrrole nitrogens is 1. The zero-order chi connectivity index (χ0) is 16.8. The van der Waals surface area contributed by atoms with Gasteiger partial charge in [0.05, 0.1) is 7.11 Å². The number of fused-ring (bicyclic) bond motifs is 1. The van der Waals surface area contributed by atoms with E-state index in [4.69, 9.17) is 4.74 Å². The van der Waals surface area contributed by atoms with Crippen molar-refractivity contribution >= 4 is 10.9 Å². The Morgan fingerprint density at radius 1 is 1.17 bits per heavy atom. The molecule has 1 N–H and O–H groups in total. The van der Waals surface area contributed by atoms with Gasteiger partial charge in [-0.2, -0.15) is 0 Å². The number of hydrogen-bond donors (Lipinski definition) is 1. The van der Waals surface area contributed by atoms with Gasteiger partial charge in [-0.05, 0) is 35.7 Å². The number of rotatable bonds is 8. The molecule has 0 bridgehead atoms. The standard InChI is InChI=1S/C21H24N2O/c1-3-12-23(16-17-7-5-4-6-8-17)13-11-18-15-22-21-10-9-19(24-2)14-20(18)21/h3-10,14-15,22H,1,11-13,16H2,2H3. The Kier molecular flexibility index (Phi) is 5.34. The molecule has 0 radical (unpaired) electrons. The first kappa shape index (κ1) is 16.3. The Labute approximate surface area is 143 Å². The highest BCUT2D eigenvalue weighted by molar-refractivity contribution is 5.84. The van der Waals surface area contributed by atoms with Crippen molar-refractivity contribution in [2.75, 3.05) is 20.2 Å². The number of ether oxygens (including phenoxy) is 1. The Hall–Kier alpha value is -2.52. The lowest BCUT2D eigenvalue weighted by Gasteiger charge is -2.20. The summed E-state index contributed by atoms with van der Waals surface area (Å²) >= 11 is 0. The van der Waals surface area contributed by atoms with E-state index in [1.54, 1.807) is 7.11 Å². The van der Waals surface area contributed by atoms with Gasteiger partial charge in [0, 0.05) is 36.7 Å². The molecule has 0 unspecified atom stereocenters. The fourth-order valence-corrected chi connectivity index (χ4v) is 3.03. The summed E-state index contributed by atoms with van der Waals surface area (Å²) in [5.41, 5.74) is 3.81. The molecule has 24 heavy (non-hydrogen) atoms. The zero-order valence-electron chi connectivity index (χ0n) is 14.2. The molecule has 3 aromatic rings. The van der Waals surface area contributed by atoms with Crippen molar-refractivity contribution in [3.8, 4) is 5.75 Å². The summed E-state index contributed by atoms with van der Waals surface area (Å²) in [5.74, 6) is 0.899. The lowest BCUT2D eigenvalue weighted by atomic mass is 10.1. The number of aromatic nitrogens is 1. The molecule has 0 saturated carbocycles. The van der Waals surface area contributed by atoms with Crippen LogP contribution in [0.5, 0.6) is 5.75 Å². The van der Waals surface area contributed by atoms with Gasteiger partial charge in [0.2, 0.25) is 0 Å². The molecule has 0 atom stereocenters. The second kappa shape index (κ2) is 7.84. The van der Waals surface area contributed by atoms with E-state index in [0.717, 1.165) is 37.3 Å². The molecule has 0 fully saturated rings. The van der Waals surface area contributed by atoms with Gasteiger partial charge in [-0.1, -0.05) is 36.4 Å². The van der Waals surface area contributed by atoms with Gasteiger partial charge in [0.25, 0.3) is 0 Å². The van der Waals surface area contributed by atoms with Crippen LogP contribution in [0.1, 0.15) is 11.1 Å². The second-order valence-corrected chi connectivity index (χ2v) is 5.98. The number of nitrogens with one attached hydrogen (secondary N) is 1. The average Bonchev–Trinajstić information content (AvgIpc) is 3.03. The molecule has 0 amide bonds. The van der Waals surface area contributed by atoms with Crippen LogP contribution in [-0.2, 0) is 13.0 Å². The van der Waals surface area contributed by atoms with Gasteiger partial charge in [0.1, 0.15) is 5.75 Å². The quantitative estimate of drug-likeness (QED) is 0.623. The van der Waals surface area contributed by atoms with Gasteiger partial charge in [-0.15, -0.1) is 6.58 Å². The highest BCUT2D eigenvalue weighted by atomic mass is 16.5. The maximum absolute atomic E-state index is 5.35. The second-order valence-electron chi connectivity index (χ2n) is 5.98. The molecule has 2 aromatic carbocycles. The van der Waals surface area contributed by atoms with Crippen molar-refractivity contribution in [3.05, 3.63) is 78.5 Å². The summed E-state index contributed by atoms with van der Waals surface area (Å²) in [7, 11) is 1.71. The number of aromatic amines is 1. The number of benzene rings is 2. The van der Waals surface area contributed by atoms with E-state index in [1.165, 1.54) is 16.5 Å². The summed E-state index contributed by atoms with van der Waals surface area (Å²) in [6.45, 7) is 6.72. The van der Waals surface area contributed by atoms with Crippen LogP contribution in [-0.4, -0.2) is 30.1 Å². The van der Waals surface area contributed by atoms with Crippen LogP contribution in [0, 0.1) is 0 Å². The maximum Gasteiger partial charge on any atom is 0.119 e. The fraction of sp³-hybridized carbons (Fsp3) is 0.238. The van der Waals surface area contributed by atoms with E-state index in [0.29, 0.717) is 0 Å². The van der Waals surface area contributed by atoms with E-state index in [2.05, 4.69) is 65.1 Å². The monoisotopic (exact) mass is 320 g/mol. The molecule has 1 heterocycles. The van der Waals surface area contributed by atoms with Gasteiger partial charge in [-0.25, -0.2) is 0 Å². The van der Waals surface area contributed by atoms with E-state index >= 15 is 0 Å². The molecule has 3 nitrogen and oxygen atoms in total. The fourth-order valence-electron chi connectivity index (χ4n) is 3.03. The Morgan fingerprint density at radius 2 is 2.00 bits per heavy atom. The van der Waals surface area contributed by atoms with Crippen LogP contribution in [0.15, 0.2) is 67.4 Å². The van der Waals surface area contributed by atoms with Crippen molar-refractivity contribution in [1.29, 1.82) is 0 Å². The molecule has 1 aromatic heterocycles. The predicted octanol–water partition coefficient (Wildman–Crippen LogP) is 4.41. The molecule has 0 spiro atoms. The predicted molar refractivity (Wildman–Crippen MR) is 100 cm³/mol. The summed E-state index contributed by atoms with van der Waals surface area (Å²) in [5, 5.41) is 1.24. The zero-order valence-corrected chi connectivity index (χ0v) is 14.2.